The molecule has 3 rings (SSSR count). The van der Waals surface area contributed by atoms with Crippen LogP contribution in [0.5, 0.6) is 0 Å². The molecule has 2 aliphatic heterocycles. The lowest BCUT2D eigenvalue weighted by Crippen LogP contribution is -2.46. The summed E-state index contributed by atoms with van der Waals surface area (Å²) in [5.74, 6) is 0.132. The molecule has 0 atom stereocenters. The number of benzene rings is 1. The number of likely N-dealkylation sites (tertiary alicyclic amines) is 2. The highest BCUT2D eigenvalue weighted by molar-refractivity contribution is 7.89. The van der Waals surface area contributed by atoms with Gasteiger partial charge in [0.25, 0.3) is 0 Å². The van der Waals surface area contributed by atoms with Gasteiger partial charge in [0.2, 0.25) is 21.8 Å². The van der Waals surface area contributed by atoms with Crippen LogP contribution in [0.25, 0.3) is 0 Å². The normalized spacial score (nSPS) is 18.7. The Hall–Kier alpha value is -1.64. The van der Waals surface area contributed by atoms with Crippen LogP contribution in [0.3, 0.4) is 0 Å². The summed E-state index contributed by atoms with van der Waals surface area (Å²) in [4.78, 5) is 28.8. The van der Waals surface area contributed by atoms with E-state index in [9.17, 15) is 18.0 Å². The maximum atomic E-state index is 12.6. The van der Waals surface area contributed by atoms with E-state index in [1.165, 1.54) is 18.6 Å². The Bertz CT molecular complexity index is 832. The molecular weight excluding hydrogens is 414 g/mol. The number of amides is 2. The molecule has 2 heterocycles. The number of sulfonamides is 1. The Labute approximate surface area is 177 Å². The SMILES string of the molecule is O=C(CCNS(=O)(=O)c1cccc(Cl)c1)N1CCC(C(=O)N2CCCCC2)CC1. The fourth-order valence-corrected chi connectivity index (χ4v) is 5.25. The van der Waals surface area contributed by atoms with Gasteiger partial charge in [-0.25, -0.2) is 13.1 Å². The van der Waals surface area contributed by atoms with E-state index in [4.69, 9.17) is 11.6 Å². The molecule has 9 heteroatoms. The van der Waals surface area contributed by atoms with Crippen molar-refractivity contribution in [3.05, 3.63) is 29.3 Å². The standard InChI is InChI=1S/C20H28ClN3O4S/c21-17-5-4-6-18(15-17)29(27,28)22-10-7-19(25)23-13-8-16(9-14-23)20(26)24-11-2-1-3-12-24/h4-6,15-16,22H,1-3,7-14H2. The Balaban J connectivity index is 1.42. The van der Waals surface area contributed by atoms with E-state index < -0.39 is 10.0 Å². The number of rotatable bonds is 6. The Kier molecular flexibility index (Phi) is 7.54. The summed E-state index contributed by atoms with van der Waals surface area (Å²) < 4.78 is 27.0. The Morgan fingerprint density at radius 1 is 1.03 bits per heavy atom. The fourth-order valence-electron chi connectivity index (χ4n) is 3.92. The van der Waals surface area contributed by atoms with Crippen molar-refractivity contribution in [2.24, 2.45) is 5.92 Å². The van der Waals surface area contributed by atoms with Gasteiger partial charge in [-0.05, 0) is 50.3 Å². The molecule has 0 aromatic heterocycles. The van der Waals surface area contributed by atoms with Gasteiger partial charge in [-0.3, -0.25) is 9.59 Å². The highest BCUT2D eigenvalue weighted by atomic mass is 35.5. The first-order chi connectivity index (χ1) is 13.9. The van der Waals surface area contributed by atoms with Gasteiger partial charge in [0, 0.05) is 50.1 Å². The van der Waals surface area contributed by atoms with Gasteiger partial charge < -0.3 is 9.80 Å². The van der Waals surface area contributed by atoms with Crippen molar-refractivity contribution in [3.63, 3.8) is 0 Å². The zero-order valence-corrected chi connectivity index (χ0v) is 18.1. The summed E-state index contributed by atoms with van der Waals surface area (Å²) in [6.45, 7) is 2.82. The second-order valence-electron chi connectivity index (χ2n) is 7.65. The molecule has 0 spiro atoms. The molecule has 2 fully saturated rings. The van der Waals surface area contributed by atoms with E-state index >= 15 is 0 Å². The van der Waals surface area contributed by atoms with Crippen LogP contribution in [-0.4, -0.2) is 62.8 Å². The lowest BCUT2D eigenvalue weighted by atomic mass is 9.94. The predicted octanol–water partition coefficient (Wildman–Crippen LogP) is 2.26. The third-order valence-electron chi connectivity index (χ3n) is 5.60. The number of halogens is 1. The van der Waals surface area contributed by atoms with Gasteiger partial charge in [0.1, 0.15) is 0 Å². The molecule has 160 valence electrons. The molecule has 0 saturated carbocycles. The van der Waals surface area contributed by atoms with Crippen molar-refractivity contribution in [2.75, 3.05) is 32.7 Å². The molecule has 2 aliphatic rings. The van der Waals surface area contributed by atoms with Crippen LogP contribution >= 0.6 is 11.6 Å². The molecule has 1 aromatic carbocycles. The molecule has 1 aromatic rings. The lowest BCUT2D eigenvalue weighted by molar-refractivity contribution is -0.141. The van der Waals surface area contributed by atoms with E-state index in [1.54, 1.807) is 17.0 Å². The molecule has 0 aliphatic carbocycles. The zero-order valence-electron chi connectivity index (χ0n) is 16.5. The lowest BCUT2D eigenvalue weighted by Gasteiger charge is -2.35. The average Bonchev–Trinajstić information content (AvgIpc) is 2.74. The van der Waals surface area contributed by atoms with Crippen molar-refractivity contribution in [3.8, 4) is 0 Å². The number of nitrogens with one attached hydrogen (secondary N) is 1. The minimum atomic E-state index is -3.70. The minimum Gasteiger partial charge on any atom is -0.343 e. The predicted molar refractivity (Wildman–Crippen MR) is 111 cm³/mol. The highest BCUT2D eigenvalue weighted by Crippen LogP contribution is 2.22. The summed E-state index contributed by atoms with van der Waals surface area (Å²) in [6, 6.07) is 6.00. The van der Waals surface area contributed by atoms with Gasteiger partial charge in [-0.2, -0.15) is 0 Å². The van der Waals surface area contributed by atoms with E-state index in [0.29, 0.717) is 31.0 Å². The zero-order chi connectivity index (χ0) is 20.9. The van der Waals surface area contributed by atoms with Crippen LogP contribution in [0.1, 0.15) is 38.5 Å². The average molecular weight is 442 g/mol. The Morgan fingerprint density at radius 2 is 1.72 bits per heavy atom. The largest absolute Gasteiger partial charge is 0.343 e. The molecule has 0 radical (unpaired) electrons. The number of hydrogen-bond donors (Lipinski definition) is 1. The first kappa shape index (κ1) is 22.1. The van der Waals surface area contributed by atoms with Gasteiger partial charge in [0.05, 0.1) is 4.90 Å². The number of nitrogens with zero attached hydrogens (tertiary/aromatic N) is 2. The number of hydrogen-bond acceptors (Lipinski definition) is 4. The molecule has 7 nitrogen and oxygen atoms in total. The number of carbonyl (C=O) groups excluding carboxylic acids is 2. The van der Waals surface area contributed by atoms with E-state index in [-0.39, 0.29) is 35.6 Å². The van der Waals surface area contributed by atoms with E-state index in [2.05, 4.69) is 4.72 Å². The highest BCUT2D eigenvalue weighted by Gasteiger charge is 2.30. The van der Waals surface area contributed by atoms with Gasteiger partial charge in [-0.15, -0.1) is 0 Å². The summed E-state index contributed by atoms with van der Waals surface area (Å²) in [6.07, 6.45) is 4.79. The number of carbonyl (C=O) groups is 2. The molecule has 2 amide bonds. The van der Waals surface area contributed by atoms with Crippen LogP contribution in [0.4, 0.5) is 0 Å². The maximum Gasteiger partial charge on any atom is 0.240 e. The first-order valence-corrected chi connectivity index (χ1v) is 12.0. The third-order valence-corrected chi connectivity index (χ3v) is 7.30. The van der Waals surface area contributed by atoms with Crippen molar-refractivity contribution in [1.82, 2.24) is 14.5 Å². The quantitative estimate of drug-likeness (QED) is 0.733. The summed E-state index contributed by atoms with van der Waals surface area (Å²) in [7, 11) is -3.70. The van der Waals surface area contributed by atoms with Crippen molar-refractivity contribution in [1.29, 1.82) is 0 Å². The van der Waals surface area contributed by atoms with Gasteiger partial charge in [-0.1, -0.05) is 17.7 Å². The topological polar surface area (TPSA) is 86.8 Å². The Morgan fingerprint density at radius 3 is 2.38 bits per heavy atom. The molecule has 0 unspecified atom stereocenters. The summed E-state index contributed by atoms with van der Waals surface area (Å²) in [5.41, 5.74) is 0. The summed E-state index contributed by atoms with van der Waals surface area (Å²) >= 11 is 5.84. The van der Waals surface area contributed by atoms with Gasteiger partial charge >= 0.3 is 0 Å². The first-order valence-electron chi connectivity index (χ1n) is 10.2. The monoisotopic (exact) mass is 441 g/mol. The van der Waals surface area contributed by atoms with Crippen LogP contribution in [-0.2, 0) is 19.6 Å². The smallest absolute Gasteiger partial charge is 0.240 e. The second kappa shape index (κ2) is 9.91. The minimum absolute atomic E-state index is 0.00141. The van der Waals surface area contributed by atoms with Crippen LogP contribution in [0.2, 0.25) is 5.02 Å². The molecule has 2 saturated heterocycles. The second-order valence-corrected chi connectivity index (χ2v) is 9.85. The van der Waals surface area contributed by atoms with Gasteiger partial charge in [0.15, 0.2) is 0 Å². The molecule has 1 N–H and O–H groups in total. The van der Waals surface area contributed by atoms with Crippen molar-refractivity contribution >= 4 is 33.4 Å². The van der Waals surface area contributed by atoms with Crippen molar-refractivity contribution < 1.29 is 18.0 Å². The van der Waals surface area contributed by atoms with Crippen LogP contribution in [0.15, 0.2) is 29.2 Å². The number of piperidine rings is 2. The van der Waals surface area contributed by atoms with Crippen molar-refractivity contribution in [2.45, 2.75) is 43.4 Å². The third kappa shape index (κ3) is 5.93. The molecule has 29 heavy (non-hydrogen) atoms. The maximum absolute atomic E-state index is 12.6. The van der Waals surface area contributed by atoms with E-state index in [0.717, 1.165) is 25.9 Å². The molecular formula is C20H28ClN3O4S. The van der Waals surface area contributed by atoms with Crippen LogP contribution < -0.4 is 4.72 Å². The van der Waals surface area contributed by atoms with E-state index in [1.807, 2.05) is 4.90 Å². The van der Waals surface area contributed by atoms with Crippen LogP contribution in [0, 0.1) is 5.92 Å². The molecule has 0 bridgehead atoms. The fraction of sp³-hybridized carbons (Fsp3) is 0.600. The summed E-state index contributed by atoms with van der Waals surface area (Å²) in [5, 5.41) is 0.339.